The third kappa shape index (κ3) is 4.01. The van der Waals surface area contributed by atoms with E-state index in [9.17, 15) is 14.0 Å². The molecule has 0 aromatic heterocycles. The standard InChI is InChI=1S/C15H19FN2O3/c1-18(2)15(20)13-7-6-12(21-13)9-17-14(19)10-4-3-5-11(16)8-10/h3-5,8,12-13H,6-7,9H2,1-2H3,(H,17,19)/t12-,13-/m1/s1. The van der Waals surface area contributed by atoms with Crippen molar-refractivity contribution in [3.63, 3.8) is 0 Å². The SMILES string of the molecule is CN(C)C(=O)[C@H]1CC[C@H](CNC(=O)c2cccc(F)c2)O1. The van der Waals surface area contributed by atoms with Crippen molar-refractivity contribution in [2.75, 3.05) is 20.6 Å². The largest absolute Gasteiger partial charge is 0.363 e. The molecule has 114 valence electrons. The average molecular weight is 294 g/mol. The molecule has 0 spiro atoms. The first kappa shape index (κ1) is 15.4. The molecule has 1 aliphatic heterocycles. The number of hydrogen-bond donors (Lipinski definition) is 1. The molecule has 1 N–H and O–H groups in total. The van der Waals surface area contributed by atoms with Gasteiger partial charge in [0.1, 0.15) is 11.9 Å². The Hall–Kier alpha value is -1.95. The minimum Gasteiger partial charge on any atom is -0.363 e. The van der Waals surface area contributed by atoms with E-state index in [1.54, 1.807) is 20.2 Å². The minimum absolute atomic E-state index is 0.0612. The van der Waals surface area contributed by atoms with Gasteiger partial charge in [0.15, 0.2) is 0 Å². The lowest BCUT2D eigenvalue weighted by Crippen LogP contribution is -2.36. The van der Waals surface area contributed by atoms with Crippen LogP contribution in [0.3, 0.4) is 0 Å². The summed E-state index contributed by atoms with van der Waals surface area (Å²) in [6.45, 7) is 0.312. The first-order valence-electron chi connectivity index (χ1n) is 6.88. The van der Waals surface area contributed by atoms with E-state index >= 15 is 0 Å². The molecule has 1 aliphatic rings. The molecule has 0 aliphatic carbocycles. The van der Waals surface area contributed by atoms with Crippen LogP contribution in [0.1, 0.15) is 23.2 Å². The number of amides is 2. The molecule has 1 aromatic carbocycles. The van der Waals surface area contributed by atoms with Crippen molar-refractivity contribution in [2.24, 2.45) is 0 Å². The van der Waals surface area contributed by atoms with Gasteiger partial charge in [0.05, 0.1) is 6.10 Å². The number of ether oxygens (including phenoxy) is 1. The molecule has 0 unspecified atom stereocenters. The topological polar surface area (TPSA) is 58.6 Å². The quantitative estimate of drug-likeness (QED) is 0.907. The highest BCUT2D eigenvalue weighted by Crippen LogP contribution is 2.20. The second kappa shape index (κ2) is 6.67. The summed E-state index contributed by atoms with van der Waals surface area (Å²) in [7, 11) is 3.37. The number of carbonyl (C=O) groups excluding carboxylic acids is 2. The molecule has 1 heterocycles. The van der Waals surface area contributed by atoms with Crippen LogP contribution >= 0.6 is 0 Å². The Labute approximate surface area is 123 Å². The third-order valence-corrected chi connectivity index (χ3v) is 3.40. The van der Waals surface area contributed by atoms with E-state index in [0.29, 0.717) is 19.4 Å². The van der Waals surface area contributed by atoms with Crippen LogP contribution < -0.4 is 5.32 Å². The molecule has 1 aromatic rings. The number of nitrogens with one attached hydrogen (secondary N) is 1. The number of nitrogens with zero attached hydrogens (tertiary/aromatic N) is 1. The molecular weight excluding hydrogens is 275 g/mol. The molecule has 2 amide bonds. The Bertz CT molecular complexity index is 533. The smallest absolute Gasteiger partial charge is 0.251 e. The van der Waals surface area contributed by atoms with Crippen molar-refractivity contribution in [1.29, 1.82) is 0 Å². The fourth-order valence-electron chi connectivity index (χ4n) is 2.26. The Morgan fingerprint density at radius 3 is 2.81 bits per heavy atom. The molecule has 0 bridgehead atoms. The van der Waals surface area contributed by atoms with Crippen LogP contribution in [0.2, 0.25) is 0 Å². The Kier molecular flexibility index (Phi) is 4.90. The molecule has 0 saturated carbocycles. The zero-order valence-corrected chi connectivity index (χ0v) is 12.1. The van der Waals surface area contributed by atoms with Gasteiger partial charge < -0.3 is 15.0 Å². The summed E-state index contributed by atoms with van der Waals surface area (Å²) in [4.78, 5) is 25.1. The van der Waals surface area contributed by atoms with Crippen LogP contribution in [-0.2, 0) is 9.53 Å². The van der Waals surface area contributed by atoms with E-state index in [0.717, 1.165) is 0 Å². The number of likely N-dealkylation sites (N-methyl/N-ethyl adjacent to an activating group) is 1. The van der Waals surface area contributed by atoms with Crippen molar-refractivity contribution in [1.82, 2.24) is 10.2 Å². The van der Waals surface area contributed by atoms with Crippen LogP contribution in [0.15, 0.2) is 24.3 Å². The highest BCUT2D eigenvalue weighted by atomic mass is 19.1. The monoisotopic (exact) mass is 294 g/mol. The third-order valence-electron chi connectivity index (χ3n) is 3.40. The highest BCUT2D eigenvalue weighted by molar-refractivity contribution is 5.94. The zero-order valence-electron chi connectivity index (χ0n) is 12.1. The number of benzene rings is 1. The molecule has 1 fully saturated rings. The molecule has 0 radical (unpaired) electrons. The second-order valence-electron chi connectivity index (χ2n) is 5.28. The average Bonchev–Trinajstić information content (AvgIpc) is 2.92. The van der Waals surface area contributed by atoms with Crippen LogP contribution in [0, 0.1) is 5.82 Å². The van der Waals surface area contributed by atoms with Gasteiger partial charge in [-0.15, -0.1) is 0 Å². The van der Waals surface area contributed by atoms with Crippen molar-refractivity contribution in [2.45, 2.75) is 25.0 Å². The van der Waals surface area contributed by atoms with E-state index in [1.165, 1.54) is 23.1 Å². The first-order chi connectivity index (χ1) is 9.97. The van der Waals surface area contributed by atoms with E-state index in [1.807, 2.05) is 0 Å². The van der Waals surface area contributed by atoms with Gasteiger partial charge in [-0.1, -0.05) is 6.07 Å². The Morgan fingerprint density at radius 2 is 2.14 bits per heavy atom. The summed E-state index contributed by atoms with van der Waals surface area (Å²) in [5.41, 5.74) is 0.272. The van der Waals surface area contributed by atoms with Gasteiger partial charge >= 0.3 is 0 Å². The summed E-state index contributed by atoms with van der Waals surface area (Å²) in [5.74, 6) is -0.856. The second-order valence-corrected chi connectivity index (χ2v) is 5.28. The van der Waals surface area contributed by atoms with Crippen LogP contribution in [0.4, 0.5) is 4.39 Å². The van der Waals surface area contributed by atoms with Crippen molar-refractivity contribution >= 4 is 11.8 Å². The van der Waals surface area contributed by atoms with E-state index in [4.69, 9.17) is 4.74 Å². The normalized spacial score (nSPS) is 21.1. The van der Waals surface area contributed by atoms with Gasteiger partial charge in [0.2, 0.25) is 0 Å². The molecule has 6 heteroatoms. The molecule has 2 rings (SSSR count). The molecule has 5 nitrogen and oxygen atoms in total. The molecule has 1 saturated heterocycles. The van der Waals surface area contributed by atoms with Gasteiger partial charge in [0.25, 0.3) is 11.8 Å². The highest BCUT2D eigenvalue weighted by Gasteiger charge is 2.31. The van der Waals surface area contributed by atoms with E-state index in [-0.39, 0.29) is 23.5 Å². The maximum absolute atomic E-state index is 13.0. The van der Waals surface area contributed by atoms with Crippen LogP contribution in [0.5, 0.6) is 0 Å². The summed E-state index contributed by atoms with van der Waals surface area (Å²) in [6, 6.07) is 5.51. The van der Waals surface area contributed by atoms with Crippen LogP contribution in [-0.4, -0.2) is 49.6 Å². The van der Waals surface area contributed by atoms with Gasteiger partial charge in [-0.05, 0) is 31.0 Å². The fraction of sp³-hybridized carbons (Fsp3) is 0.467. The number of halogens is 1. The fourth-order valence-corrected chi connectivity index (χ4v) is 2.26. The first-order valence-corrected chi connectivity index (χ1v) is 6.88. The number of hydrogen-bond acceptors (Lipinski definition) is 3. The number of rotatable bonds is 4. The Morgan fingerprint density at radius 1 is 1.38 bits per heavy atom. The van der Waals surface area contributed by atoms with E-state index < -0.39 is 11.9 Å². The summed E-state index contributed by atoms with van der Waals surface area (Å²) in [6.07, 6.45) is 0.748. The Balaban J connectivity index is 1.82. The molecule has 21 heavy (non-hydrogen) atoms. The summed E-state index contributed by atoms with van der Waals surface area (Å²) < 4.78 is 18.7. The predicted octanol–water partition coefficient (Wildman–Crippen LogP) is 1.19. The van der Waals surface area contributed by atoms with Crippen molar-refractivity contribution in [3.8, 4) is 0 Å². The van der Waals surface area contributed by atoms with Crippen LogP contribution in [0.25, 0.3) is 0 Å². The predicted molar refractivity (Wildman–Crippen MR) is 75.3 cm³/mol. The molecular formula is C15H19FN2O3. The van der Waals surface area contributed by atoms with Gasteiger partial charge in [-0.2, -0.15) is 0 Å². The zero-order chi connectivity index (χ0) is 15.4. The lowest BCUT2D eigenvalue weighted by molar-refractivity contribution is -0.140. The van der Waals surface area contributed by atoms with Crippen molar-refractivity contribution in [3.05, 3.63) is 35.6 Å². The maximum Gasteiger partial charge on any atom is 0.251 e. The lowest BCUT2D eigenvalue weighted by Gasteiger charge is -2.17. The summed E-state index contributed by atoms with van der Waals surface area (Å²) >= 11 is 0. The molecule has 2 atom stereocenters. The van der Waals surface area contributed by atoms with Gasteiger partial charge in [0, 0.05) is 26.2 Å². The minimum atomic E-state index is -0.448. The van der Waals surface area contributed by atoms with Gasteiger partial charge in [-0.25, -0.2) is 4.39 Å². The van der Waals surface area contributed by atoms with E-state index in [2.05, 4.69) is 5.32 Å². The van der Waals surface area contributed by atoms with Crippen molar-refractivity contribution < 1.29 is 18.7 Å². The number of carbonyl (C=O) groups is 2. The lowest BCUT2D eigenvalue weighted by atomic mass is 10.1. The maximum atomic E-state index is 13.0. The van der Waals surface area contributed by atoms with Gasteiger partial charge in [-0.3, -0.25) is 9.59 Å². The summed E-state index contributed by atoms with van der Waals surface area (Å²) in [5, 5.41) is 2.70.